The van der Waals surface area contributed by atoms with Crippen LogP contribution in [0.2, 0.25) is 0 Å². The van der Waals surface area contributed by atoms with Gasteiger partial charge in [-0.15, -0.1) is 0 Å². The Bertz CT molecular complexity index is 1390. The molecule has 3 heterocycles. The first kappa shape index (κ1) is 28.6. The maximum absolute atomic E-state index is 13.6. The lowest BCUT2D eigenvalue weighted by molar-refractivity contribution is 0.0400. The van der Waals surface area contributed by atoms with E-state index in [4.69, 9.17) is 0 Å². The Kier molecular flexibility index (Phi) is 8.70. The molecule has 15 heteroatoms. The first-order chi connectivity index (χ1) is 17.5. The molecule has 0 atom stereocenters. The summed E-state index contributed by atoms with van der Waals surface area (Å²) in [4.78, 5) is 25.9. The molecule has 0 aliphatic carbocycles. The number of hydrogen-bond donors (Lipinski definition) is 2. The van der Waals surface area contributed by atoms with Crippen LogP contribution in [0.3, 0.4) is 0 Å². The number of carbonyl (C=O) groups excluding carboxylic acids is 1. The average molecular weight is 556 g/mol. The van der Waals surface area contributed by atoms with Crippen LogP contribution < -0.4 is 14.9 Å². The Morgan fingerprint density at radius 3 is 2.47 bits per heavy atom. The third kappa shape index (κ3) is 6.45. The van der Waals surface area contributed by atoms with E-state index in [0.29, 0.717) is 16.8 Å². The number of nitrogens with one attached hydrogen (secondary N) is 2. The van der Waals surface area contributed by atoms with Crippen LogP contribution in [0.25, 0.3) is 0 Å². The number of aromatic nitrogens is 3. The maximum Gasteiger partial charge on any atom is 0.268 e. The second-order valence-electron chi connectivity index (χ2n) is 8.38. The number of anilines is 4. The number of halogens is 4. The summed E-state index contributed by atoms with van der Waals surface area (Å²) in [5.74, 6) is -0.248. The van der Waals surface area contributed by atoms with E-state index >= 15 is 0 Å². The monoisotopic (exact) mass is 555 g/mol. The maximum atomic E-state index is 13.6. The molecule has 0 spiro atoms. The molecule has 10 nitrogen and oxygen atoms in total. The SMILES string of the molecule is CN(c1ncccc1CNc1nc(Nc2ccc(C(=O)N3CC(F)C3)cc2)ncc1C(F)F)S(C)(=O)=O.F. The van der Waals surface area contributed by atoms with Gasteiger partial charge in [0.25, 0.3) is 12.3 Å². The minimum absolute atomic E-state index is 0. The molecule has 0 bridgehead atoms. The molecule has 2 N–H and O–H groups in total. The molecular weight excluding hydrogens is 530 g/mol. The van der Waals surface area contributed by atoms with Gasteiger partial charge in [-0.2, -0.15) is 4.98 Å². The predicted molar refractivity (Wildman–Crippen MR) is 135 cm³/mol. The van der Waals surface area contributed by atoms with Crippen molar-refractivity contribution in [2.75, 3.05) is 41.3 Å². The number of sulfonamides is 1. The van der Waals surface area contributed by atoms with Gasteiger partial charge in [0.15, 0.2) is 0 Å². The van der Waals surface area contributed by atoms with Crippen molar-refractivity contribution in [2.24, 2.45) is 0 Å². The van der Waals surface area contributed by atoms with E-state index in [1.807, 2.05) is 0 Å². The van der Waals surface area contributed by atoms with Crippen molar-refractivity contribution in [1.29, 1.82) is 0 Å². The molecule has 4 rings (SSSR count). The molecule has 1 saturated heterocycles. The third-order valence-electron chi connectivity index (χ3n) is 5.67. The highest BCUT2D eigenvalue weighted by atomic mass is 32.2. The zero-order chi connectivity index (χ0) is 26.7. The Labute approximate surface area is 216 Å². The summed E-state index contributed by atoms with van der Waals surface area (Å²) in [5.41, 5.74) is 0.906. The zero-order valence-electron chi connectivity index (χ0n) is 20.3. The molecule has 0 unspecified atom stereocenters. The number of likely N-dealkylation sites (tertiary alicyclic amines) is 1. The minimum Gasteiger partial charge on any atom is -0.365 e. The molecule has 1 amide bonds. The van der Waals surface area contributed by atoms with Gasteiger partial charge in [0, 0.05) is 42.8 Å². The molecule has 0 radical (unpaired) electrons. The average Bonchev–Trinajstić information content (AvgIpc) is 2.84. The van der Waals surface area contributed by atoms with Gasteiger partial charge < -0.3 is 15.5 Å². The highest BCUT2D eigenvalue weighted by molar-refractivity contribution is 7.92. The lowest BCUT2D eigenvalue weighted by Gasteiger charge is -2.34. The molecule has 0 saturated carbocycles. The van der Waals surface area contributed by atoms with Crippen molar-refractivity contribution in [3.05, 3.63) is 65.5 Å². The Balaban J connectivity index is 0.00000400. The lowest BCUT2D eigenvalue weighted by atomic mass is 10.1. The normalized spacial score (nSPS) is 13.5. The summed E-state index contributed by atoms with van der Waals surface area (Å²) in [6.45, 7) is 0.111. The Hall–Kier alpha value is -4.01. The summed E-state index contributed by atoms with van der Waals surface area (Å²) in [6, 6.07) is 9.54. The number of hydrogen-bond acceptors (Lipinski definition) is 8. The second kappa shape index (κ2) is 11.6. The van der Waals surface area contributed by atoms with E-state index in [1.54, 1.807) is 36.4 Å². The van der Waals surface area contributed by atoms with Crippen LogP contribution in [0.4, 0.5) is 41.1 Å². The van der Waals surface area contributed by atoms with Crippen LogP contribution in [-0.4, -0.2) is 66.7 Å². The molecule has 1 fully saturated rings. The third-order valence-corrected chi connectivity index (χ3v) is 6.84. The molecule has 38 heavy (non-hydrogen) atoms. The molecule has 3 aromatic rings. The van der Waals surface area contributed by atoms with Crippen LogP contribution in [0, 0.1) is 0 Å². The standard InChI is InChI=1S/C23H24F3N7O3S.FH/c1-32(37(2,35)36)21-15(4-3-9-27-21)10-28-20-18(19(25)26)11-29-23(31-20)30-17-7-5-14(6-8-17)22(34)33-12-16(24)13-33;/h3-9,11,16,19H,10,12-13H2,1-2H3,(H2,28,29,30,31);1H. The first-order valence-electron chi connectivity index (χ1n) is 11.1. The molecule has 1 aliphatic rings. The lowest BCUT2D eigenvalue weighted by Crippen LogP contribution is -2.51. The van der Waals surface area contributed by atoms with E-state index < -0.39 is 28.2 Å². The second-order valence-corrected chi connectivity index (χ2v) is 10.4. The predicted octanol–water partition coefficient (Wildman–Crippen LogP) is 3.51. The fourth-order valence-electron chi connectivity index (χ4n) is 3.54. The molecule has 1 aromatic carbocycles. The summed E-state index contributed by atoms with van der Waals surface area (Å²) in [7, 11) is -2.25. The van der Waals surface area contributed by atoms with E-state index in [1.165, 1.54) is 18.1 Å². The number of alkyl halides is 3. The number of nitrogens with zero attached hydrogens (tertiary/aromatic N) is 5. The van der Waals surface area contributed by atoms with Crippen molar-refractivity contribution < 1.29 is 31.1 Å². The van der Waals surface area contributed by atoms with Crippen LogP contribution in [0.15, 0.2) is 48.8 Å². The number of amides is 1. The van der Waals surface area contributed by atoms with E-state index in [-0.39, 0.29) is 47.8 Å². The van der Waals surface area contributed by atoms with Gasteiger partial charge in [-0.3, -0.25) is 13.8 Å². The van der Waals surface area contributed by atoms with Gasteiger partial charge in [0.2, 0.25) is 16.0 Å². The largest absolute Gasteiger partial charge is 0.365 e. The highest BCUT2D eigenvalue weighted by Crippen LogP contribution is 2.28. The van der Waals surface area contributed by atoms with Crippen LogP contribution >= 0.6 is 0 Å². The van der Waals surface area contributed by atoms with Crippen molar-refractivity contribution in [1.82, 2.24) is 19.9 Å². The van der Waals surface area contributed by atoms with Crippen LogP contribution in [0.5, 0.6) is 0 Å². The molecule has 2 aromatic heterocycles. The van der Waals surface area contributed by atoms with Crippen LogP contribution in [-0.2, 0) is 16.6 Å². The van der Waals surface area contributed by atoms with Crippen LogP contribution in [0.1, 0.15) is 27.9 Å². The van der Waals surface area contributed by atoms with E-state index in [0.717, 1.165) is 16.8 Å². The smallest absolute Gasteiger partial charge is 0.268 e. The number of carbonyl (C=O) groups is 1. The van der Waals surface area contributed by atoms with Crippen molar-refractivity contribution in [2.45, 2.75) is 19.1 Å². The fraction of sp³-hybridized carbons (Fsp3) is 0.304. The van der Waals surface area contributed by atoms with Gasteiger partial charge in [-0.1, -0.05) is 6.07 Å². The Morgan fingerprint density at radius 1 is 1.18 bits per heavy atom. The van der Waals surface area contributed by atoms with Crippen molar-refractivity contribution in [3.8, 4) is 0 Å². The minimum atomic E-state index is -3.59. The molecule has 204 valence electrons. The van der Waals surface area contributed by atoms with Gasteiger partial charge >= 0.3 is 0 Å². The molecular formula is C23H25F4N7O3S. The summed E-state index contributed by atoms with van der Waals surface area (Å²) in [6.07, 6.45) is -0.406. The highest BCUT2D eigenvalue weighted by Gasteiger charge is 2.30. The van der Waals surface area contributed by atoms with Gasteiger partial charge in [0.05, 0.1) is 24.9 Å². The summed E-state index contributed by atoms with van der Waals surface area (Å²) in [5, 5.41) is 5.72. The van der Waals surface area contributed by atoms with E-state index in [9.17, 15) is 26.4 Å². The van der Waals surface area contributed by atoms with E-state index in [2.05, 4.69) is 25.6 Å². The quantitative estimate of drug-likeness (QED) is 0.385. The first-order valence-corrected chi connectivity index (χ1v) is 12.9. The number of benzene rings is 1. The van der Waals surface area contributed by atoms with Crippen molar-refractivity contribution >= 4 is 39.2 Å². The summed E-state index contributed by atoms with van der Waals surface area (Å²) < 4.78 is 65.1. The van der Waals surface area contributed by atoms with Crippen molar-refractivity contribution in [3.63, 3.8) is 0 Å². The summed E-state index contributed by atoms with van der Waals surface area (Å²) >= 11 is 0. The van der Waals surface area contributed by atoms with Gasteiger partial charge in [-0.05, 0) is 30.3 Å². The molecule has 1 aliphatic heterocycles. The zero-order valence-corrected chi connectivity index (χ0v) is 21.1. The topological polar surface area (TPSA) is 120 Å². The number of pyridine rings is 1. The Morgan fingerprint density at radius 2 is 1.87 bits per heavy atom. The van der Waals surface area contributed by atoms with Gasteiger partial charge in [-0.25, -0.2) is 31.6 Å². The fourth-order valence-corrected chi connectivity index (χ4v) is 4.02. The number of rotatable bonds is 9. The van der Waals surface area contributed by atoms with Gasteiger partial charge in [0.1, 0.15) is 17.8 Å².